The molecule has 4 aromatic rings. The standard InChI is InChI=1S/C21H15BrClN5/c22-15-5-1-3-13(11-15)18-8-7-17(20-24-9-10-25-20)21-26-19(27-28(18)21)14-4-2-6-16(23)12-14/h1-8,11-12H,9-10H2,(H,24,25). The second-order valence-corrected chi connectivity index (χ2v) is 7.83. The molecule has 0 saturated heterocycles. The Hall–Kier alpha value is -2.70. The normalized spacial score (nSPS) is 13.6. The summed E-state index contributed by atoms with van der Waals surface area (Å²) >= 11 is 9.73. The van der Waals surface area contributed by atoms with Gasteiger partial charge in [0.05, 0.1) is 17.8 Å². The lowest BCUT2D eigenvalue weighted by Gasteiger charge is -2.09. The van der Waals surface area contributed by atoms with Crippen LogP contribution >= 0.6 is 27.5 Å². The van der Waals surface area contributed by atoms with Crippen LogP contribution in [0.5, 0.6) is 0 Å². The molecule has 0 radical (unpaired) electrons. The molecule has 7 heteroatoms. The van der Waals surface area contributed by atoms with Gasteiger partial charge in [-0.05, 0) is 36.4 Å². The van der Waals surface area contributed by atoms with Crippen LogP contribution in [0.25, 0.3) is 28.3 Å². The topological polar surface area (TPSA) is 54.6 Å². The molecule has 0 aliphatic carbocycles. The monoisotopic (exact) mass is 451 g/mol. The van der Waals surface area contributed by atoms with E-state index in [0.29, 0.717) is 10.8 Å². The third-order valence-corrected chi connectivity index (χ3v) is 5.34. The van der Waals surface area contributed by atoms with Crippen molar-refractivity contribution in [3.05, 3.63) is 75.7 Å². The minimum absolute atomic E-state index is 0.629. The maximum atomic E-state index is 6.18. The van der Waals surface area contributed by atoms with Gasteiger partial charge in [-0.1, -0.05) is 51.8 Å². The van der Waals surface area contributed by atoms with Crippen LogP contribution < -0.4 is 5.32 Å². The van der Waals surface area contributed by atoms with Crippen LogP contribution in [-0.2, 0) is 0 Å². The number of hydrogen-bond donors (Lipinski definition) is 1. The van der Waals surface area contributed by atoms with Crippen molar-refractivity contribution in [3.8, 4) is 22.6 Å². The smallest absolute Gasteiger partial charge is 0.182 e. The van der Waals surface area contributed by atoms with Crippen molar-refractivity contribution in [1.82, 2.24) is 19.9 Å². The van der Waals surface area contributed by atoms with E-state index in [1.807, 2.05) is 40.9 Å². The minimum atomic E-state index is 0.629. The van der Waals surface area contributed by atoms with Gasteiger partial charge in [0.15, 0.2) is 11.5 Å². The van der Waals surface area contributed by atoms with Gasteiger partial charge < -0.3 is 5.32 Å². The van der Waals surface area contributed by atoms with Gasteiger partial charge in [0, 0.05) is 27.2 Å². The van der Waals surface area contributed by atoms with E-state index in [0.717, 1.165) is 51.4 Å². The molecule has 2 aromatic heterocycles. The minimum Gasteiger partial charge on any atom is -0.368 e. The number of halogens is 2. The summed E-state index contributed by atoms with van der Waals surface area (Å²) in [5.74, 6) is 1.49. The molecule has 0 amide bonds. The summed E-state index contributed by atoms with van der Waals surface area (Å²) in [6.07, 6.45) is 0. The first-order chi connectivity index (χ1) is 13.7. The van der Waals surface area contributed by atoms with Crippen molar-refractivity contribution < 1.29 is 0 Å². The Morgan fingerprint density at radius 1 is 1.00 bits per heavy atom. The van der Waals surface area contributed by atoms with Crippen molar-refractivity contribution in [1.29, 1.82) is 0 Å². The molecule has 0 spiro atoms. The molecular weight excluding hydrogens is 438 g/mol. The first-order valence-electron chi connectivity index (χ1n) is 8.89. The van der Waals surface area contributed by atoms with Crippen LogP contribution in [0.15, 0.2) is 70.1 Å². The summed E-state index contributed by atoms with van der Waals surface area (Å²) in [6, 6.07) is 19.8. The van der Waals surface area contributed by atoms with E-state index in [1.54, 1.807) is 0 Å². The Balaban J connectivity index is 1.77. The van der Waals surface area contributed by atoms with E-state index in [4.69, 9.17) is 21.7 Å². The van der Waals surface area contributed by atoms with Gasteiger partial charge in [0.25, 0.3) is 0 Å². The summed E-state index contributed by atoms with van der Waals surface area (Å²) in [5, 5.41) is 8.80. The molecule has 1 N–H and O–H groups in total. The number of aliphatic imine (C=N–C) groups is 1. The van der Waals surface area contributed by atoms with Crippen molar-refractivity contribution in [2.45, 2.75) is 0 Å². The predicted molar refractivity (Wildman–Crippen MR) is 116 cm³/mol. The molecular formula is C21H15BrClN5. The lowest BCUT2D eigenvalue weighted by atomic mass is 10.1. The lowest BCUT2D eigenvalue weighted by Crippen LogP contribution is -2.20. The molecule has 0 fully saturated rings. The SMILES string of the molecule is Clc1cccc(-c2nc3c(C4=NCCN4)ccc(-c4cccc(Br)c4)n3n2)c1. The van der Waals surface area contributed by atoms with Crippen molar-refractivity contribution in [2.75, 3.05) is 13.1 Å². The molecule has 2 aromatic carbocycles. The zero-order valence-electron chi connectivity index (χ0n) is 14.7. The second-order valence-electron chi connectivity index (χ2n) is 6.48. The summed E-state index contributed by atoms with van der Waals surface area (Å²) in [7, 11) is 0. The predicted octanol–water partition coefficient (Wildman–Crippen LogP) is 4.83. The highest BCUT2D eigenvalue weighted by molar-refractivity contribution is 9.10. The van der Waals surface area contributed by atoms with Gasteiger partial charge in [-0.3, -0.25) is 4.99 Å². The Morgan fingerprint density at radius 2 is 1.86 bits per heavy atom. The quantitative estimate of drug-likeness (QED) is 0.484. The van der Waals surface area contributed by atoms with Crippen LogP contribution in [-0.4, -0.2) is 33.5 Å². The molecule has 1 aliphatic heterocycles. The van der Waals surface area contributed by atoms with Crippen molar-refractivity contribution in [3.63, 3.8) is 0 Å². The number of fused-ring (bicyclic) bond motifs is 1. The van der Waals surface area contributed by atoms with E-state index in [-0.39, 0.29) is 0 Å². The number of hydrogen-bond acceptors (Lipinski definition) is 4. The van der Waals surface area contributed by atoms with Crippen LogP contribution in [0, 0.1) is 0 Å². The molecule has 0 atom stereocenters. The van der Waals surface area contributed by atoms with Crippen molar-refractivity contribution in [2.24, 2.45) is 4.99 Å². The van der Waals surface area contributed by atoms with Gasteiger partial charge in [-0.15, -0.1) is 5.10 Å². The largest absolute Gasteiger partial charge is 0.368 e. The van der Waals surface area contributed by atoms with Gasteiger partial charge in [0.1, 0.15) is 5.84 Å². The fraction of sp³-hybridized carbons (Fsp3) is 0.0952. The van der Waals surface area contributed by atoms with Gasteiger partial charge in [-0.25, -0.2) is 9.50 Å². The zero-order chi connectivity index (χ0) is 19.1. The molecule has 5 nitrogen and oxygen atoms in total. The van der Waals surface area contributed by atoms with Crippen LogP contribution in [0.2, 0.25) is 5.02 Å². The summed E-state index contributed by atoms with van der Waals surface area (Å²) in [4.78, 5) is 9.40. The number of rotatable bonds is 3. The first kappa shape index (κ1) is 17.4. The highest BCUT2D eigenvalue weighted by Crippen LogP contribution is 2.28. The number of amidine groups is 1. The number of benzene rings is 2. The Morgan fingerprint density at radius 3 is 2.64 bits per heavy atom. The average Bonchev–Trinajstić information content (AvgIpc) is 3.37. The fourth-order valence-corrected chi connectivity index (χ4v) is 3.93. The molecule has 3 heterocycles. The van der Waals surface area contributed by atoms with Gasteiger partial charge in [-0.2, -0.15) is 0 Å². The third-order valence-electron chi connectivity index (χ3n) is 4.62. The van der Waals surface area contributed by atoms with Crippen LogP contribution in [0.4, 0.5) is 0 Å². The molecule has 0 unspecified atom stereocenters. The average molecular weight is 453 g/mol. The van der Waals surface area contributed by atoms with Crippen LogP contribution in [0.3, 0.4) is 0 Å². The lowest BCUT2D eigenvalue weighted by molar-refractivity contribution is 0.956. The van der Waals surface area contributed by atoms with E-state index < -0.39 is 0 Å². The zero-order valence-corrected chi connectivity index (χ0v) is 17.1. The number of nitrogens with one attached hydrogen (secondary N) is 1. The fourth-order valence-electron chi connectivity index (χ4n) is 3.34. The third kappa shape index (κ3) is 3.08. The molecule has 0 saturated carbocycles. The first-order valence-corrected chi connectivity index (χ1v) is 10.1. The number of pyridine rings is 1. The van der Waals surface area contributed by atoms with Gasteiger partial charge >= 0.3 is 0 Å². The molecule has 5 rings (SSSR count). The second kappa shape index (κ2) is 7.04. The summed E-state index contributed by atoms with van der Waals surface area (Å²) in [6.45, 7) is 1.61. The highest BCUT2D eigenvalue weighted by Gasteiger charge is 2.19. The highest BCUT2D eigenvalue weighted by atomic mass is 79.9. The van der Waals surface area contributed by atoms with Crippen molar-refractivity contribution >= 4 is 39.0 Å². The van der Waals surface area contributed by atoms with Gasteiger partial charge in [0.2, 0.25) is 0 Å². The Kier molecular flexibility index (Phi) is 4.37. The van der Waals surface area contributed by atoms with E-state index in [9.17, 15) is 0 Å². The molecule has 0 bridgehead atoms. The van der Waals surface area contributed by atoms with E-state index in [1.165, 1.54) is 0 Å². The Labute approximate surface area is 175 Å². The molecule has 138 valence electrons. The number of nitrogens with zero attached hydrogens (tertiary/aromatic N) is 4. The molecule has 28 heavy (non-hydrogen) atoms. The van der Waals surface area contributed by atoms with E-state index >= 15 is 0 Å². The number of aromatic nitrogens is 3. The maximum absolute atomic E-state index is 6.18. The summed E-state index contributed by atoms with van der Waals surface area (Å²) < 4.78 is 2.90. The van der Waals surface area contributed by atoms with E-state index in [2.05, 4.69) is 50.5 Å². The Bertz CT molecular complexity index is 1230. The molecule has 1 aliphatic rings. The summed E-state index contributed by atoms with van der Waals surface area (Å²) in [5.41, 5.74) is 4.59. The van der Waals surface area contributed by atoms with Crippen LogP contribution in [0.1, 0.15) is 5.56 Å². The maximum Gasteiger partial charge on any atom is 0.182 e.